The summed E-state index contributed by atoms with van der Waals surface area (Å²) < 4.78 is 27.8. The standard InChI is InChI=1S/C11H16N2O3S/c1-2-17(14,15)7-6-16-10-5-3-4-9(8-10)11(12)13/h3-5,8H,2,6-7H2,1H3,(H3,12,13). The van der Waals surface area contributed by atoms with Gasteiger partial charge in [0.25, 0.3) is 0 Å². The van der Waals surface area contributed by atoms with Gasteiger partial charge in [-0.2, -0.15) is 0 Å². The molecule has 17 heavy (non-hydrogen) atoms. The van der Waals surface area contributed by atoms with Crippen LogP contribution in [0, 0.1) is 5.41 Å². The number of amidine groups is 1. The van der Waals surface area contributed by atoms with E-state index in [9.17, 15) is 8.42 Å². The molecule has 0 unspecified atom stereocenters. The van der Waals surface area contributed by atoms with Gasteiger partial charge in [0.15, 0.2) is 9.84 Å². The minimum atomic E-state index is -3.01. The Bertz CT molecular complexity index is 497. The predicted molar refractivity (Wildman–Crippen MR) is 67.3 cm³/mol. The van der Waals surface area contributed by atoms with E-state index in [-0.39, 0.29) is 23.9 Å². The summed E-state index contributed by atoms with van der Waals surface area (Å²) in [5.74, 6) is 0.582. The van der Waals surface area contributed by atoms with E-state index in [4.69, 9.17) is 15.9 Å². The number of nitrogens with one attached hydrogen (secondary N) is 1. The van der Waals surface area contributed by atoms with Gasteiger partial charge in [0, 0.05) is 11.3 Å². The number of nitrogen functional groups attached to an aromatic ring is 1. The Morgan fingerprint density at radius 3 is 2.76 bits per heavy atom. The molecule has 0 fully saturated rings. The van der Waals surface area contributed by atoms with Crippen LogP contribution in [0.25, 0.3) is 0 Å². The Morgan fingerprint density at radius 2 is 2.18 bits per heavy atom. The van der Waals surface area contributed by atoms with E-state index >= 15 is 0 Å². The van der Waals surface area contributed by atoms with Crippen LogP contribution >= 0.6 is 0 Å². The van der Waals surface area contributed by atoms with Crippen LogP contribution in [-0.2, 0) is 9.84 Å². The molecule has 0 saturated carbocycles. The molecule has 0 aliphatic heterocycles. The van der Waals surface area contributed by atoms with Crippen LogP contribution < -0.4 is 10.5 Å². The van der Waals surface area contributed by atoms with Crippen molar-refractivity contribution in [2.75, 3.05) is 18.1 Å². The average molecular weight is 256 g/mol. The highest BCUT2D eigenvalue weighted by Gasteiger charge is 2.07. The van der Waals surface area contributed by atoms with Crippen molar-refractivity contribution in [2.24, 2.45) is 5.73 Å². The van der Waals surface area contributed by atoms with Crippen LogP contribution in [0.4, 0.5) is 0 Å². The zero-order valence-corrected chi connectivity index (χ0v) is 10.5. The number of nitrogens with two attached hydrogens (primary N) is 1. The lowest BCUT2D eigenvalue weighted by Crippen LogP contribution is -2.16. The Hall–Kier alpha value is -1.56. The van der Waals surface area contributed by atoms with Crippen LogP contribution in [0.15, 0.2) is 24.3 Å². The summed E-state index contributed by atoms with van der Waals surface area (Å²) >= 11 is 0. The molecule has 1 aromatic carbocycles. The Labute approximate surface area is 101 Å². The predicted octanol–water partition coefficient (Wildman–Crippen LogP) is 0.784. The van der Waals surface area contributed by atoms with Gasteiger partial charge in [0.2, 0.25) is 0 Å². The smallest absolute Gasteiger partial charge is 0.153 e. The molecular formula is C11H16N2O3S. The van der Waals surface area contributed by atoms with Crippen molar-refractivity contribution < 1.29 is 13.2 Å². The van der Waals surface area contributed by atoms with Gasteiger partial charge in [-0.1, -0.05) is 19.1 Å². The number of rotatable bonds is 6. The van der Waals surface area contributed by atoms with Crippen molar-refractivity contribution >= 4 is 15.7 Å². The van der Waals surface area contributed by atoms with Gasteiger partial charge in [-0.3, -0.25) is 5.41 Å². The summed E-state index contributed by atoms with van der Waals surface area (Å²) in [7, 11) is -3.01. The summed E-state index contributed by atoms with van der Waals surface area (Å²) in [4.78, 5) is 0. The second-order valence-electron chi connectivity index (χ2n) is 3.53. The number of sulfone groups is 1. The fourth-order valence-electron chi connectivity index (χ4n) is 1.18. The van der Waals surface area contributed by atoms with Crippen molar-refractivity contribution in [3.63, 3.8) is 0 Å². The summed E-state index contributed by atoms with van der Waals surface area (Å²) in [6.07, 6.45) is 0. The minimum absolute atomic E-state index is 0.00615. The maximum atomic E-state index is 11.2. The first-order chi connectivity index (χ1) is 7.94. The summed E-state index contributed by atoms with van der Waals surface area (Å²) in [5, 5.41) is 7.26. The third-order valence-electron chi connectivity index (χ3n) is 2.25. The number of hydrogen-bond acceptors (Lipinski definition) is 4. The van der Waals surface area contributed by atoms with Crippen LogP contribution in [0.2, 0.25) is 0 Å². The fraction of sp³-hybridized carbons (Fsp3) is 0.364. The molecule has 94 valence electrons. The highest BCUT2D eigenvalue weighted by molar-refractivity contribution is 7.91. The van der Waals surface area contributed by atoms with Crippen molar-refractivity contribution in [3.05, 3.63) is 29.8 Å². The SMILES string of the molecule is CCS(=O)(=O)CCOc1cccc(C(=N)N)c1. The molecule has 0 aliphatic rings. The second-order valence-corrected chi connectivity index (χ2v) is 6.00. The first-order valence-corrected chi connectivity index (χ1v) is 7.04. The average Bonchev–Trinajstić information content (AvgIpc) is 2.29. The van der Waals surface area contributed by atoms with E-state index < -0.39 is 9.84 Å². The first-order valence-electron chi connectivity index (χ1n) is 5.22. The molecule has 5 nitrogen and oxygen atoms in total. The molecule has 1 aromatic rings. The Balaban J connectivity index is 2.58. The van der Waals surface area contributed by atoms with Gasteiger partial charge in [-0.25, -0.2) is 8.42 Å². The third kappa shape index (κ3) is 4.44. The number of benzene rings is 1. The molecule has 6 heteroatoms. The molecule has 0 saturated heterocycles. The molecule has 0 aliphatic carbocycles. The van der Waals surface area contributed by atoms with Crippen LogP contribution in [-0.4, -0.2) is 32.4 Å². The van der Waals surface area contributed by atoms with Crippen LogP contribution in [0.5, 0.6) is 5.75 Å². The van der Waals surface area contributed by atoms with Crippen molar-refractivity contribution in [1.29, 1.82) is 5.41 Å². The van der Waals surface area contributed by atoms with E-state index in [1.807, 2.05) is 0 Å². The van der Waals surface area contributed by atoms with Gasteiger partial charge in [0.05, 0.1) is 5.75 Å². The largest absolute Gasteiger partial charge is 0.493 e. The van der Waals surface area contributed by atoms with Crippen molar-refractivity contribution in [1.82, 2.24) is 0 Å². The first kappa shape index (κ1) is 13.5. The summed E-state index contributed by atoms with van der Waals surface area (Å²) in [5.41, 5.74) is 5.89. The minimum Gasteiger partial charge on any atom is -0.493 e. The fourth-order valence-corrected chi connectivity index (χ4v) is 1.81. The van der Waals surface area contributed by atoms with E-state index in [0.29, 0.717) is 11.3 Å². The van der Waals surface area contributed by atoms with E-state index in [2.05, 4.69) is 0 Å². The number of ether oxygens (including phenoxy) is 1. The van der Waals surface area contributed by atoms with Gasteiger partial charge < -0.3 is 10.5 Å². The molecule has 0 spiro atoms. The molecular weight excluding hydrogens is 240 g/mol. The van der Waals surface area contributed by atoms with Gasteiger partial charge in [-0.15, -0.1) is 0 Å². The van der Waals surface area contributed by atoms with Crippen LogP contribution in [0.3, 0.4) is 0 Å². The molecule has 1 rings (SSSR count). The molecule has 0 heterocycles. The molecule has 3 N–H and O–H groups in total. The maximum absolute atomic E-state index is 11.2. The zero-order chi connectivity index (χ0) is 12.9. The normalized spacial score (nSPS) is 11.1. The summed E-state index contributed by atoms with van der Waals surface area (Å²) in [6, 6.07) is 6.71. The molecule has 0 atom stereocenters. The lowest BCUT2D eigenvalue weighted by molar-refractivity contribution is 0.341. The van der Waals surface area contributed by atoms with Gasteiger partial charge in [0.1, 0.15) is 18.2 Å². The lowest BCUT2D eigenvalue weighted by atomic mass is 10.2. The monoisotopic (exact) mass is 256 g/mol. The quantitative estimate of drug-likeness (QED) is 0.581. The van der Waals surface area contributed by atoms with Crippen molar-refractivity contribution in [3.8, 4) is 5.75 Å². The molecule has 0 radical (unpaired) electrons. The maximum Gasteiger partial charge on any atom is 0.153 e. The van der Waals surface area contributed by atoms with E-state index in [1.165, 1.54) is 0 Å². The molecule has 0 aromatic heterocycles. The highest BCUT2D eigenvalue weighted by Crippen LogP contribution is 2.12. The Kier molecular flexibility index (Phi) is 4.51. The second kappa shape index (κ2) is 5.67. The van der Waals surface area contributed by atoms with E-state index in [0.717, 1.165) is 0 Å². The van der Waals surface area contributed by atoms with Gasteiger partial charge >= 0.3 is 0 Å². The van der Waals surface area contributed by atoms with Gasteiger partial charge in [-0.05, 0) is 12.1 Å². The molecule has 0 bridgehead atoms. The third-order valence-corrected chi connectivity index (χ3v) is 3.92. The van der Waals surface area contributed by atoms with Crippen LogP contribution in [0.1, 0.15) is 12.5 Å². The number of hydrogen-bond donors (Lipinski definition) is 2. The Morgan fingerprint density at radius 1 is 1.47 bits per heavy atom. The lowest BCUT2D eigenvalue weighted by Gasteiger charge is -2.07. The van der Waals surface area contributed by atoms with Crippen molar-refractivity contribution in [2.45, 2.75) is 6.92 Å². The topological polar surface area (TPSA) is 93.2 Å². The van der Waals surface area contributed by atoms with E-state index in [1.54, 1.807) is 31.2 Å². The zero-order valence-electron chi connectivity index (χ0n) is 9.64. The summed E-state index contributed by atoms with van der Waals surface area (Å²) in [6.45, 7) is 1.71. The molecule has 0 amide bonds. The highest BCUT2D eigenvalue weighted by atomic mass is 32.2.